The van der Waals surface area contributed by atoms with Crippen LogP contribution in [0.15, 0.2) is 12.4 Å². The first-order chi connectivity index (χ1) is 8.13. The van der Waals surface area contributed by atoms with E-state index in [-0.39, 0.29) is 11.8 Å². The van der Waals surface area contributed by atoms with Crippen LogP contribution in [0.25, 0.3) is 0 Å². The number of esters is 1. The van der Waals surface area contributed by atoms with Gasteiger partial charge < -0.3 is 14.2 Å². The molecule has 1 aromatic heterocycles. The quantitative estimate of drug-likeness (QED) is 0.547. The summed E-state index contributed by atoms with van der Waals surface area (Å²) in [5.74, 6) is -0.169. The molecule has 0 atom stereocenters. The molecule has 17 heavy (non-hydrogen) atoms. The second-order valence-electron chi connectivity index (χ2n) is 3.50. The third kappa shape index (κ3) is 4.78. The summed E-state index contributed by atoms with van der Waals surface area (Å²) in [6.45, 7) is 4.78. The van der Waals surface area contributed by atoms with E-state index in [1.165, 1.54) is 19.5 Å². The molecule has 0 bridgehead atoms. The number of methoxy groups -OCH3 is 1. The van der Waals surface area contributed by atoms with Crippen LogP contribution in [0.3, 0.4) is 0 Å². The first-order valence-electron chi connectivity index (χ1n) is 5.28. The minimum absolute atomic E-state index is 0.151. The lowest BCUT2D eigenvalue weighted by Crippen LogP contribution is -2.12. The first kappa shape index (κ1) is 13.4. The van der Waals surface area contributed by atoms with Gasteiger partial charge in [-0.25, -0.2) is 14.8 Å². The van der Waals surface area contributed by atoms with Gasteiger partial charge in [-0.2, -0.15) is 0 Å². The lowest BCUT2D eigenvalue weighted by atomic mass is 10.4. The number of hydrogen-bond acceptors (Lipinski definition) is 6. The van der Waals surface area contributed by atoms with Gasteiger partial charge in [0, 0.05) is 0 Å². The Morgan fingerprint density at radius 1 is 1.29 bits per heavy atom. The number of carbonyl (C=O) groups excluding carboxylic acids is 1. The van der Waals surface area contributed by atoms with Crippen molar-refractivity contribution in [3.05, 3.63) is 18.1 Å². The van der Waals surface area contributed by atoms with Crippen molar-refractivity contribution < 1.29 is 19.0 Å². The fraction of sp³-hybridized carbons (Fsp3) is 0.545. The van der Waals surface area contributed by atoms with Gasteiger partial charge in [0.15, 0.2) is 5.69 Å². The van der Waals surface area contributed by atoms with Crippen molar-refractivity contribution in [2.75, 3.05) is 20.3 Å². The molecular formula is C11H16N2O4. The lowest BCUT2D eigenvalue weighted by Gasteiger charge is -2.08. The highest BCUT2D eigenvalue weighted by Crippen LogP contribution is 2.04. The highest BCUT2D eigenvalue weighted by Gasteiger charge is 2.07. The second kappa shape index (κ2) is 6.80. The number of ether oxygens (including phenoxy) is 3. The number of hydrogen-bond donors (Lipinski definition) is 0. The van der Waals surface area contributed by atoms with Crippen LogP contribution in [0, 0.1) is 0 Å². The van der Waals surface area contributed by atoms with E-state index in [0.29, 0.717) is 19.1 Å². The molecule has 6 heteroatoms. The smallest absolute Gasteiger partial charge is 0.358 e. The molecule has 0 amide bonds. The zero-order chi connectivity index (χ0) is 12.7. The average Bonchev–Trinajstić information content (AvgIpc) is 2.34. The van der Waals surface area contributed by atoms with Crippen molar-refractivity contribution in [3.63, 3.8) is 0 Å². The Morgan fingerprint density at radius 2 is 2.06 bits per heavy atom. The normalized spacial score (nSPS) is 10.4. The van der Waals surface area contributed by atoms with Gasteiger partial charge in [-0.05, 0) is 13.8 Å². The molecule has 0 saturated carbocycles. The van der Waals surface area contributed by atoms with Crippen molar-refractivity contribution in [1.29, 1.82) is 0 Å². The van der Waals surface area contributed by atoms with Crippen LogP contribution >= 0.6 is 0 Å². The summed E-state index contributed by atoms with van der Waals surface area (Å²) < 4.78 is 15.1. The van der Waals surface area contributed by atoms with Gasteiger partial charge >= 0.3 is 5.97 Å². The van der Waals surface area contributed by atoms with E-state index in [9.17, 15) is 4.79 Å². The molecular weight excluding hydrogens is 224 g/mol. The first-order valence-corrected chi connectivity index (χ1v) is 5.28. The molecule has 0 radical (unpaired) electrons. The molecule has 6 nitrogen and oxygen atoms in total. The van der Waals surface area contributed by atoms with Crippen LogP contribution in [0.1, 0.15) is 24.3 Å². The Labute approximate surface area is 99.9 Å². The minimum Gasteiger partial charge on any atom is -0.474 e. The predicted octanol–water partition coefficient (Wildman–Crippen LogP) is 1.07. The van der Waals surface area contributed by atoms with Crippen LogP contribution in [0.2, 0.25) is 0 Å². The second-order valence-corrected chi connectivity index (χ2v) is 3.50. The van der Waals surface area contributed by atoms with Gasteiger partial charge in [-0.1, -0.05) is 0 Å². The van der Waals surface area contributed by atoms with Crippen LogP contribution in [0.4, 0.5) is 0 Å². The van der Waals surface area contributed by atoms with Crippen molar-refractivity contribution in [1.82, 2.24) is 9.97 Å². The topological polar surface area (TPSA) is 70.5 Å². The molecule has 0 aromatic carbocycles. The minimum atomic E-state index is -0.521. The van der Waals surface area contributed by atoms with Gasteiger partial charge in [0.2, 0.25) is 5.88 Å². The molecule has 0 aliphatic carbocycles. The van der Waals surface area contributed by atoms with Crippen LogP contribution in [0.5, 0.6) is 5.88 Å². The van der Waals surface area contributed by atoms with Gasteiger partial charge in [0.1, 0.15) is 6.61 Å². The van der Waals surface area contributed by atoms with Crippen LogP contribution in [-0.4, -0.2) is 42.4 Å². The largest absolute Gasteiger partial charge is 0.474 e. The summed E-state index contributed by atoms with van der Waals surface area (Å²) in [4.78, 5) is 18.9. The summed E-state index contributed by atoms with van der Waals surface area (Å²) in [6, 6.07) is 0. The van der Waals surface area contributed by atoms with E-state index < -0.39 is 5.97 Å². The van der Waals surface area contributed by atoms with E-state index in [1.807, 2.05) is 13.8 Å². The summed E-state index contributed by atoms with van der Waals surface area (Å²) >= 11 is 0. The molecule has 1 rings (SSSR count). The Bertz CT molecular complexity index is 351. The third-order valence-corrected chi connectivity index (χ3v) is 1.81. The maximum absolute atomic E-state index is 11.1. The van der Waals surface area contributed by atoms with Crippen LogP contribution in [-0.2, 0) is 9.47 Å². The molecule has 0 fully saturated rings. The van der Waals surface area contributed by atoms with E-state index in [1.54, 1.807) is 0 Å². The summed E-state index contributed by atoms with van der Waals surface area (Å²) in [5.41, 5.74) is 0.151. The lowest BCUT2D eigenvalue weighted by molar-refractivity contribution is 0.0538. The van der Waals surface area contributed by atoms with E-state index in [2.05, 4.69) is 14.7 Å². The number of rotatable bonds is 6. The van der Waals surface area contributed by atoms with Crippen LogP contribution < -0.4 is 4.74 Å². The zero-order valence-corrected chi connectivity index (χ0v) is 10.2. The SMILES string of the molecule is COC(=O)c1cnc(OCCOC(C)C)cn1. The van der Waals surface area contributed by atoms with Crippen molar-refractivity contribution >= 4 is 5.97 Å². The van der Waals surface area contributed by atoms with E-state index >= 15 is 0 Å². The number of carbonyl (C=O) groups is 1. The standard InChI is InChI=1S/C11H16N2O4/c1-8(2)16-4-5-17-10-7-12-9(6-13-10)11(14)15-3/h6-8H,4-5H2,1-3H3. The summed E-state index contributed by atoms with van der Waals surface area (Å²) in [5, 5.41) is 0. The Balaban J connectivity index is 2.38. The maximum Gasteiger partial charge on any atom is 0.358 e. The molecule has 0 saturated heterocycles. The summed E-state index contributed by atoms with van der Waals surface area (Å²) in [6.07, 6.45) is 2.86. The molecule has 1 heterocycles. The van der Waals surface area contributed by atoms with Gasteiger partial charge in [-0.3, -0.25) is 0 Å². The third-order valence-electron chi connectivity index (χ3n) is 1.81. The Hall–Kier alpha value is -1.69. The maximum atomic E-state index is 11.1. The molecule has 94 valence electrons. The fourth-order valence-electron chi connectivity index (χ4n) is 1.03. The number of nitrogens with zero attached hydrogens (tertiary/aromatic N) is 2. The van der Waals surface area contributed by atoms with Crippen molar-refractivity contribution in [3.8, 4) is 5.88 Å². The molecule has 0 N–H and O–H groups in total. The molecule has 0 unspecified atom stereocenters. The van der Waals surface area contributed by atoms with Gasteiger partial charge in [0.25, 0.3) is 0 Å². The predicted molar refractivity (Wildman–Crippen MR) is 60.0 cm³/mol. The Morgan fingerprint density at radius 3 is 2.59 bits per heavy atom. The van der Waals surface area contributed by atoms with E-state index in [4.69, 9.17) is 9.47 Å². The summed E-state index contributed by atoms with van der Waals surface area (Å²) in [7, 11) is 1.29. The van der Waals surface area contributed by atoms with Crippen molar-refractivity contribution in [2.24, 2.45) is 0 Å². The molecule has 0 aliphatic rings. The monoisotopic (exact) mass is 240 g/mol. The highest BCUT2D eigenvalue weighted by atomic mass is 16.5. The fourth-order valence-corrected chi connectivity index (χ4v) is 1.03. The van der Waals surface area contributed by atoms with Gasteiger partial charge in [-0.15, -0.1) is 0 Å². The Kier molecular flexibility index (Phi) is 5.35. The average molecular weight is 240 g/mol. The molecule has 0 spiro atoms. The molecule has 1 aromatic rings. The molecule has 0 aliphatic heterocycles. The van der Waals surface area contributed by atoms with Crippen molar-refractivity contribution in [2.45, 2.75) is 20.0 Å². The van der Waals surface area contributed by atoms with E-state index in [0.717, 1.165) is 0 Å². The highest BCUT2D eigenvalue weighted by molar-refractivity contribution is 5.86. The number of aromatic nitrogens is 2. The zero-order valence-electron chi connectivity index (χ0n) is 10.2. The van der Waals surface area contributed by atoms with Gasteiger partial charge in [0.05, 0.1) is 32.2 Å².